The summed E-state index contributed by atoms with van der Waals surface area (Å²) in [4.78, 5) is 14.7. The summed E-state index contributed by atoms with van der Waals surface area (Å²) < 4.78 is 47.9. The van der Waals surface area contributed by atoms with Crippen molar-refractivity contribution in [1.82, 2.24) is 4.31 Å². The van der Waals surface area contributed by atoms with Crippen LogP contribution in [0.2, 0.25) is 5.02 Å². The molecular formula is C27H29ClFN3O4S. The number of benzene rings is 3. The maximum absolute atomic E-state index is 13.7. The third-order valence-corrected chi connectivity index (χ3v) is 8.32. The minimum Gasteiger partial charge on any atom is -0.377 e. The highest BCUT2D eigenvalue weighted by Gasteiger charge is 2.30. The van der Waals surface area contributed by atoms with Crippen molar-refractivity contribution < 1.29 is 22.3 Å². The van der Waals surface area contributed by atoms with Crippen molar-refractivity contribution in [3.8, 4) is 0 Å². The van der Waals surface area contributed by atoms with Crippen LogP contribution < -0.4 is 10.2 Å². The molecule has 1 atom stereocenters. The van der Waals surface area contributed by atoms with E-state index in [1.165, 1.54) is 16.4 Å². The van der Waals surface area contributed by atoms with Crippen molar-refractivity contribution in [2.75, 3.05) is 37.5 Å². The zero-order valence-corrected chi connectivity index (χ0v) is 22.2. The van der Waals surface area contributed by atoms with E-state index >= 15 is 0 Å². The molecule has 196 valence electrons. The van der Waals surface area contributed by atoms with Crippen LogP contribution >= 0.6 is 11.6 Å². The largest absolute Gasteiger partial charge is 0.377 e. The summed E-state index contributed by atoms with van der Waals surface area (Å²) in [5, 5.41) is 3.18. The van der Waals surface area contributed by atoms with Crippen LogP contribution in [0.25, 0.3) is 0 Å². The molecule has 10 heteroatoms. The molecule has 0 aliphatic carbocycles. The molecule has 1 heterocycles. The van der Waals surface area contributed by atoms with E-state index in [0.29, 0.717) is 28.4 Å². The number of hydrogen-bond donors (Lipinski definition) is 1. The second-order valence-corrected chi connectivity index (χ2v) is 11.4. The first-order chi connectivity index (χ1) is 17.6. The van der Waals surface area contributed by atoms with Gasteiger partial charge in [0.05, 0.1) is 21.6 Å². The van der Waals surface area contributed by atoms with Gasteiger partial charge in [-0.15, -0.1) is 0 Å². The Morgan fingerprint density at radius 2 is 1.84 bits per heavy atom. The quantitative estimate of drug-likeness (QED) is 0.401. The smallest absolute Gasteiger partial charge is 0.257 e. The van der Waals surface area contributed by atoms with Crippen molar-refractivity contribution >= 4 is 38.9 Å². The average Bonchev–Trinajstić information content (AvgIpc) is 3.37. The molecule has 1 fully saturated rings. The minimum atomic E-state index is -3.97. The second-order valence-electron chi connectivity index (χ2n) is 9.06. The number of hydrogen-bond acceptors (Lipinski definition) is 5. The minimum absolute atomic E-state index is 0.00137. The number of carbonyl (C=O) groups excluding carboxylic acids is 1. The van der Waals surface area contributed by atoms with E-state index in [-0.39, 0.29) is 30.0 Å². The van der Waals surface area contributed by atoms with Gasteiger partial charge in [-0.3, -0.25) is 4.79 Å². The average molecular weight is 546 g/mol. The number of nitrogens with one attached hydrogen (secondary N) is 1. The molecule has 1 aliphatic rings. The predicted molar refractivity (Wildman–Crippen MR) is 143 cm³/mol. The Hall–Kier alpha value is -2.98. The van der Waals surface area contributed by atoms with Crippen molar-refractivity contribution in [1.29, 1.82) is 0 Å². The first-order valence-electron chi connectivity index (χ1n) is 11.9. The first-order valence-corrected chi connectivity index (χ1v) is 13.7. The van der Waals surface area contributed by atoms with Crippen LogP contribution in [-0.2, 0) is 21.3 Å². The molecule has 0 bridgehead atoms. The Balaban J connectivity index is 1.67. The molecule has 37 heavy (non-hydrogen) atoms. The number of ether oxygens (including phenoxy) is 1. The SMILES string of the molecule is CN(C)c1ccc(NC(=O)c2ccccc2Cl)cc1CN(C[C@@H]1CCCO1)S(=O)(=O)c1ccc(F)cc1. The Labute approximate surface area is 221 Å². The van der Waals surface area contributed by atoms with Crippen LogP contribution in [0.1, 0.15) is 28.8 Å². The van der Waals surface area contributed by atoms with Crippen molar-refractivity contribution in [2.45, 2.75) is 30.4 Å². The molecule has 0 aromatic heterocycles. The van der Waals surface area contributed by atoms with Crippen LogP contribution in [0.5, 0.6) is 0 Å². The van der Waals surface area contributed by atoms with E-state index in [2.05, 4.69) is 5.32 Å². The van der Waals surface area contributed by atoms with Gasteiger partial charge in [-0.2, -0.15) is 4.31 Å². The Morgan fingerprint density at radius 1 is 1.11 bits per heavy atom. The van der Waals surface area contributed by atoms with Gasteiger partial charge in [0.25, 0.3) is 5.91 Å². The third-order valence-electron chi connectivity index (χ3n) is 6.17. The second kappa shape index (κ2) is 11.6. The lowest BCUT2D eigenvalue weighted by atomic mass is 10.1. The highest BCUT2D eigenvalue weighted by atomic mass is 35.5. The summed E-state index contributed by atoms with van der Waals surface area (Å²) in [6.07, 6.45) is 1.38. The Kier molecular flexibility index (Phi) is 8.49. The maximum Gasteiger partial charge on any atom is 0.257 e. The number of sulfonamides is 1. The standard InChI is InChI=1S/C27H29ClFN3O4S/c1-31(2)26-14-11-21(30-27(33)24-7-3-4-8-25(24)28)16-19(26)17-32(18-22-6-5-15-36-22)37(34,35)23-12-9-20(29)10-13-23/h3-4,7-14,16,22H,5-6,15,17-18H2,1-2H3,(H,30,33)/t22-/m0/s1. The van der Waals surface area contributed by atoms with Gasteiger partial charge in [-0.1, -0.05) is 23.7 Å². The van der Waals surface area contributed by atoms with E-state index in [0.717, 1.165) is 30.7 Å². The summed E-state index contributed by atoms with van der Waals surface area (Å²) >= 11 is 6.18. The van der Waals surface area contributed by atoms with Crippen LogP contribution in [0, 0.1) is 5.82 Å². The monoisotopic (exact) mass is 545 g/mol. The number of halogens is 2. The highest BCUT2D eigenvalue weighted by Crippen LogP contribution is 2.29. The first kappa shape index (κ1) is 27.1. The molecule has 7 nitrogen and oxygen atoms in total. The third kappa shape index (κ3) is 6.48. The fraction of sp³-hybridized carbons (Fsp3) is 0.296. The summed E-state index contributed by atoms with van der Waals surface area (Å²) in [5.74, 6) is -0.884. The molecule has 1 N–H and O–H groups in total. The molecule has 1 saturated heterocycles. The lowest BCUT2D eigenvalue weighted by Gasteiger charge is -2.27. The number of carbonyl (C=O) groups is 1. The fourth-order valence-corrected chi connectivity index (χ4v) is 5.95. The van der Waals surface area contributed by atoms with E-state index in [9.17, 15) is 17.6 Å². The van der Waals surface area contributed by atoms with Gasteiger partial charge in [0.2, 0.25) is 10.0 Å². The van der Waals surface area contributed by atoms with Gasteiger partial charge in [0.15, 0.2) is 0 Å². The predicted octanol–water partition coefficient (Wildman–Crippen LogP) is 5.17. The normalized spacial score (nSPS) is 15.6. The molecular weight excluding hydrogens is 517 g/mol. The molecule has 3 aromatic carbocycles. The van der Waals surface area contributed by atoms with Crippen molar-refractivity contribution in [2.24, 2.45) is 0 Å². The zero-order chi connectivity index (χ0) is 26.6. The molecule has 0 spiro atoms. The Bertz CT molecular complexity index is 1360. The van der Waals surface area contributed by atoms with Crippen molar-refractivity contribution in [3.05, 3.63) is 88.7 Å². The van der Waals surface area contributed by atoms with Gasteiger partial charge < -0.3 is 15.0 Å². The lowest BCUT2D eigenvalue weighted by molar-refractivity contribution is 0.0926. The number of nitrogens with zero attached hydrogens (tertiary/aromatic N) is 2. The lowest BCUT2D eigenvalue weighted by Crippen LogP contribution is -2.37. The summed E-state index contributed by atoms with van der Waals surface area (Å²) in [7, 11) is -0.245. The molecule has 0 radical (unpaired) electrons. The maximum atomic E-state index is 13.7. The highest BCUT2D eigenvalue weighted by molar-refractivity contribution is 7.89. The summed E-state index contributed by atoms with van der Waals surface area (Å²) in [6, 6.07) is 16.9. The molecule has 4 rings (SSSR count). The fourth-order valence-electron chi connectivity index (χ4n) is 4.28. The number of amides is 1. The van der Waals surface area contributed by atoms with Crippen LogP contribution in [-0.4, -0.2) is 52.0 Å². The van der Waals surface area contributed by atoms with Crippen molar-refractivity contribution in [3.63, 3.8) is 0 Å². The van der Waals surface area contributed by atoms with Crippen LogP contribution in [0.4, 0.5) is 15.8 Å². The zero-order valence-electron chi connectivity index (χ0n) is 20.7. The molecule has 0 unspecified atom stereocenters. The van der Waals surface area contributed by atoms with E-state index < -0.39 is 15.8 Å². The summed E-state index contributed by atoms with van der Waals surface area (Å²) in [6.45, 7) is 0.771. The van der Waals surface area contributed by atoms with Gasteiger partial charge in [0, 0.05) is 45.2 Å². The molecule has 3 aromatic rings. The number of rotatable bonds is 9. The Morgan fingerprint density at radius 3 is 2.49 bits per heavy atom. The molecule has 1 amide bonds. The van der Waals surface area contributed by atoms with E-state index in [4.69, 9.17) is 16.3 Å². The van der Waals surface area contributed by atoms with Crippen LogP contribution in [0.3, 0.4) is 0 Å². The van der Waals surface area contributed by atoms with E-state index in [1.54, 1.807) is 36.4 Å². The van der Waals surface area contributed by atoms with E-state index in [1.807, 2.05) is 25.1 Å². The topological polar surface area (TPSA) is 79.0 Å². The van der Waals surface area contributed by atoms with Gasteiger partial charge >= 0.3 is 0 Å². The van der Waals surface area contributed by atoms with Gasteiger partial charge in [-0.05, 0) is 73.0 Å². The molecule has 0 saturated carbocycles. The van der Waals surface area contributed by atoms with Crippen LogP contribution in [0.15, 0.2) is 71.6 Å². The number of anilines is 2. The summed E-state index contributed by atoms with van der Waals surface area (Å²) in [5.41, 5.74) is 2.32. The molecule has 1 aliphatic heterocycles. The van der Waals surface area contributed by atoms with Gasteiger partial charge in [-0.25, -0.2) is 12.8 Å². The van der Waals surface area contributed by atoms with Gasteiger partial charge in [0.1, 0.15) is 5.82 Å².